The Hall–Kier alpha value is -3.97. The average Bonchev–Trinajstić information content (AvgIpc) is 3.36. The van der Waals surface area contributed by atoms with Gasteiger partial charge in [0.05, 0.1) is 10.8 Å². The van der Waals surface area contributed by atoms with E-state index in [1.807, 2.05) is 49.4 Å². The minimum atomic E-state index is -0.331. The number of amides is 1. The van der Waals surface area contributed by atoms with E-state index in [1.54, 1.807) is 23.5 Å². The first-order chi connectivity index (χ1) is 20.8. The number of benzene rings is 3. The van der Waals surface area contributed by atoms with Crippen molar-refractivity contribution < 1.29 is 9.59 Å². The Bertz CT molecular complexity index is 1680. The van der Waals surface area contributed by atoms with Gasteiger partial charge in [-0.2, -0.15) is 5.26 Å². The van der Waals surface area contributed by atoms with Crippen molar-refractivity contribution in [3.05, 3.63) is 106 Å². The molecule has 3 N–H and O–H groups in total. The van der Waals surface area contributed by atoms with Crippen LogP contribution in [0.2, 0.25) is 0 Å². The molecule has 5 rings (SSSR count). The van der Waals surface area contributed by atoms with Crippen molar-refractivity contribution in [2.45, 2.75) is 55.6 Å². The van der Waals surface area contributed by atoms with Crippen LogP contribution in [0.5, 0.6) is 0 Å². The highest BCUT2D eigenvalue weighted by Crippen LogP contribution is 2.42. The smallest absolute Gasteiger partial charge is 0.238 e. The molecule has 1 aliphatic carbocycles. The van der Waals surface area contributed by atoms with Gasteiger partial charge >= 0.3 is 0 Å². The number of thiophene rings is 1. The molecule has 1 amide bonds. The second-order valence-electron chi connectivity index (χ2n) is 10.4. The Labute approximate surface area is 265 Å². The predicted octanol–water partition coefficient (Wildman–Crippen LogP) is 8.41. The van der Waals surface area contributed by atoms with Crippen LogP contribution >= 0.6 is 35.3 Å². The molecule has 6 nitrogen and oxygen atoms in total. The molecule has 0 radical (unpaired) electrons. The molecular formula is C34H32N4O2S3. The van der Waals surface area contributed by atoms with Crippen LogP contribution in [0, 0.1) is 11.3 Å². The first-order valence-electron chi connectivity index (χ1n) is 14.2. The number of carbonyl (C=O) groups is 2. The summed E-state index contributed by atoms with van der Waals surface area (Å²) < 4.78 is 0. The van der Waals surface area contributed by atoms with Crippen LogP contribution in [0.4, 0.5) is 16.4 Å². The number of fused-ring (bicyclic) bond motifs is 1. The minimum Gasteiger partial charge on any atom is -0.332 e. The molecule has 4 aromatic rings. The maximum absolute atomic E-state index is 13.4. The van der Waals surface area contributed by atoms with Gasteiger partial charge in [0, 0.05) is 26.7 Å². The van der Waals surface area contributed by atoms with E-state index < -0.39 is 0 Å². The second kappa shape index (κ2) is 14.0. The van der Waals surface area contributed by atoms with Gasteiger partial charge in [-0.25, -0.2) is 0 Å². The third kappa shape index (κ3) is 7.52. The summed E-state index contributed by atoms with van der Waals surface area (Å²) in [7, 11) is 0. The number of nitrogens with zero attached hydrogens (tertiary/aromatic N) is 1. The molecule has 1 heterocycles. The van der Waals surface area contributed by atoms with E-state index in [2.05, 4.69) is 46.3 Å². The van der Waals surface area contributed by atoms with E-state index in [9.17, 15) is 14.9 Å². The molecule has 2 unspecified atom stereocenters. The zero-order chi connectivity index (χ0) is 30.3. The predicted molar refractivity (Wildman–Crippen MR) is 182 cm³/mol. The number of ketones is 1. The lowest BCUT2D eigenvalue weighted by Crippen LogP contribution is -2.24. The number of nitrogens with one attached hydrogen (secondary N) is 3. The Kier molecular flexibility index (Phi) is 9.93. The number of hydrogen-bond donors (Lipinski definition) is 3. The summed E-state index contributed by atoms with van der Waals surface area (Å²) in [5, 5.41) is 20.2. The van der Waals surface area contributed by atoms with Crippen LogP contribution in [-0.4, -0.2) is 22.1 Å². The van der Waals surface area contributed by atoms with Gasteiger partial charge in [-0.15, -0.1) is 23.1 Å². The fourth-order valence-corrected chi connectivity index (χ4v) is 7.74. The van der Waals surface area contributed by atoms with Crippen LogP contribution in [0.3, 0.4) is 0 Å². The van der Waals surface area contributed by atoms with E-state index >= 15 is 0 Å². The van der Waals surface area contributed by atoms with Crippen LogP contribution in [0.15, 0.2) is 83.8 Å². The van der Waals surface area contributed by atoms with Gasteiger partial charge in [-0.1, -0.05) is 43.3 Å². The third-order valence-corrected chi connectivity index (χ3v) is 10.2. The quantitative estimate of drug-likeness (QED) is 0.0978. The molecule has 0 saturated heterocycles. The minimum absolute atomic E-state index is 0.0117. The van der Waals surface area contributed by atoms with Crippen molar-refractivity contribution in [2.24, 2.45) is 0 Å². The number of anilines is 3. The number of nitriles is 1. The van der Waals surface area contributed by atoms with Gasteiger partial charge < -0.3 is 16.0 Å². The van der Waals surface area contributed by atoms with Crippen molar-refractivity contribution in [2.75, 3.05) is 16.0 Å². The first-order valence-corrected chi connectivity index (χ1v) is 16.3. The Balaban J connectivity index is 1.22. The highest BCUT2D eigenvalue weighted by atomic mass is 32.2. The molecule has 0 fully saturated rings. The Morgan fingerprint density at radius 1 is 1.02 bits per heavy atom. The molecule has 2 atom stereocenters. The average molecular weight is 625 g/mol. The molecule has 0 saturated carbocycles. The Morgan fingerprint density at radius 3 is 2.47 bits per heavy atom. The third-order valence-electron chi connectivity index (χ3n) is 7.47. The first kappa shape index (κ1) is 30.5. The van der Waals surface area contributed by atoms with E-state index in [0.29, 0.717) is 33.6 Å². The molecule has 43 heavy (non-hydrogen) atoms. The lowest BCUT2D eigenvalue weighted by molar-refractivity contribution is -0.115. The number of thiocarbonyl (C=S) groups is 1. The van der Waals surface area contributed by atoms with Crippen molar-refractivity contribution in [1.82, 2.24) is 0 Å². The molecule has 1 aliphatic rings. The number of rotatable bonds is 9. The van der Waals surface area contributed by atoms with Crippen LogP contribution in [0.1, 0.15) is 64.5 Å². The molecular weight excluding hydrogens is 593 g/mol. The summed E-state index contributed by atoms with van der Waals surface area (Å²) >= 11 is 8.51. The summed E-state index contributed by atoms with van der Waals surface area (Å²) in [5.74, 6) is 0.335. The maximum Gasteiger partial charge on any atom is 0.238 e. The highest BCUT2D eigenvalue weighted by Gasteiger charge is 2.28. The van der Waals surface area contributed by atoms with Gasteiger partial charge in [0.25, 0.3) is 0 Å². The zero-order valence-corrected chi connectivity index (χ0v) is 26.4. The largest absolute Gasteiger partial charge is 0.332 e. The molecule has 3 aromatic carbocycles. The standard InChI is InChI=1S/C34H32N4O2S3/c1-3-30(42-27-11-7-10-26(19-27)37-34(41)36-25-15-12-22(13-16-25)21(2)39)32(40)38-33-29(20-35)28-17-14-24(18-31(28)43-33)23-8-5-4-6-9-23/h4-13,15-16,19,24,30H,3,14,17-18H2,1-2H3,(H,38,40)(H2,36,37,41). The maximum atomic E-state index is 13.4. The van der Waals surface area contributed by atoms with Crippen LogP contribution < -0.4 is 16.0 Å². The van der Waals surface area contributed by atoms with Crippen molar-refractivity contribution in [1.29, 1.82) is 5.26 Å². The monoisotopic (exact) mass is 624 g/mol. The lowest BCUT2D eigenvalue weighted by Gasteiger charge is -2.22. The van der Waals surface area contributed by atoms with E-state index in [0.717, 1.165) is 41.1 Å². The van der Waals surface area contributed by atoms with E-state index in [4.69, 9.17) is 12.2 Å². The summed E-state index contributed by atoms with van der Waals surface area (Å²) in [4.78, 5) is 27.1. The zero-order valence-electron chi connectivity index (χ0n) is 24.0. The number of thioether (sulfide) groups is 1. The van der Waals surface area contributed by atoms with Gasteiger partial charge in [0.15, 0.2) is 10.9 Å². The summed E-state index contributed by atoms with van der Waals surface area (Å²) in [6.45, 7) is 3.52. The van der Waals surface area contributed by atoms with Gasteiger partial charge in [0.1, 0.15) is 11.1 Å². The fourth-order valence-electron chi connectivity index (χ4n) is 5.21. The fraction of sp³-hybridized carbons (Fsp3) is 0.235. The van der Waals surface area contributed by atoms with E-state index in [-0.39, 0.29) is 16.9 Å². The van der Waals surface area contributed by atoms with Gasteiger partial charge in [0.2, 0.25) is 5.91 Å². The molecule has 0 bridgehead atoms. The van der Waals surface area contributed by atoms with Crippen molar-refractivity contribution in [3.8, 4) is 6.07 Å². The molecule has 218 valence electrons. The van der Waals surface area contributed by atoms with E-state index in [1.165, 1.54) is 29.1 Å². The molecule has 1 aromatic heterocycles. The summed E-state index contributed by atoms with van der Waals surface area (Å²) in [6.07, 6.45) is 3.36. The molecule has 0 aliphatic heterocycles. The summed E-state index contributed by atoms with van der Waals surface area (Å²) in [5.41, 5.74) is 5.24. The molecule has 0 spiro atoms. The SMILES string of the molecule is CCC(Sc1cccc(NC(=S)Nc2ccc(C(C)=O)cc2)c1)C(=O)Nc1sc2c(c1C#N)CCC(c1ccccc1)C2. The van der Waals surface area contributed by atoms with Crippen LogP contribution in [-0.2, 0) is 17.6 Å². The van der Waals surface area contributed by atoms with Gasteiger partial charge in [-0.3, -0.25) is 9.59 Å². The number of hydrogen-bond acceptors (Lipinski definition) is 6. The highest BCUT2D eigenvalue weighted by molar-refractivity contribution is 8.00. The van der Waals surface area contributed by atoms with Gasteiger partial charge in [-0.05, 0) is 104 Å². The van der Waals surface area contributed by atoms with Crippen LogP contribution in [0.25, 0.3) is 0 Å². The molecule has 9 heteroatoms. The Morgan fingerprint density at radius 2 is 1.77 bits per heavy atom. The normalized spacial score (nSPS) is 14.6. The summed E-state index contributed by atoms with van der Waals surface area (Å²) in [6, 6.07) is 27.8. The van der Waals surface area contributed by atoms with Crippen molar-refractivity contribution in [3.63, 3.8) is 0 Å². The number of Topliss-reactive ketones (excluding diaryl/α,β-unsaturated/α-hetero) is 1. The number of carbonyl (C=O) groups excluding carboxylic acids is 2. The van der Waals surface area contributed by atoms with Crippen molar-refractivity contribution >= 4 is 68.5 Å². The lowest BCUT2D eigenvalue weighted by atomic mass is 9.83. The topological polar surface area (TPSA) is 94.0 Å². The second-order valence-corrected chi connectivity index (χ2v) is 13.2.